The van der Waals surface area contributed by atoms with Gasteiger partial charge >= 0.3 is 6.18 Å². The fourth-order valence-electron chi connectivity index (χ4n) is 1.41. The molecule has 0 saturated heterocycles. The first-order valence-corrected chi connectivity index (χ1v) is 5.27. The van der Waals surface area contributed by atoms with Gasteiger partial charge in [0.1, 0.15) is 5.75 Å². The van der Waals surface area contributed by atoms with E-state index in [2.05, 4.69) is 0 Å². The first kappa shape index (κ1) is 14.3. The normalized spacial score (nSPS) is 13.0. The van der Waals surface area contributed by atoms with Crippen molar-refractivity contribution < 1.29 is 22.7 Å². The predicted molar refractivity (Wildman–Crippen MR) is 60.2 cm³/mol. The number of alkyl halides is 3. The fraction of sp³-hybridized carbons (Fsp3) is 0.417. The van der Waals surface area contributed by atoms with E-state index in [0.717, 1.165) is 6.07 Å². The van der Waals surface area contributed by atoms with Gasteiger partial charge in [0.15, 0.2) is 6.10 Å². The lowest BCUT2D eigenvalue weighted by atomic mass is 10.2. The van der Waals surface area contributed by atoms with Gasteiger partial charge in [-0.2, -0.15) is 13.2 Å². The summed E-state index contributed by atoms with van der Waals surface area (Å²) in [7, 11) is 3.02. The zero-order chi connectivity index (χ0) is 13.9. The summed E-state index contributed by atoms with van der Waals surface area (Å²) < 4.78 is 43.1. The lowest BCUT2D eigenvalue weighted by molar-refractivity contribution is -0.142. The van der Waals surface area contributed by atoms with Crippen molar-refractivity contribution >= 4 is 5.91 Å². The number of nitrogens with zero attached hydrogens (tertiary/aromatic N) is 1. The summed E-state index contributed by atoms with van der Waals surface area (Å²) in [6, 6.07) is 4.82. The molecule has 1 aromatic carbocycles. The van der Waals surface area contributed by atoms with Crippen molar-refractivity contribution in [3.05, 3.63) is 29.8 Å². The fourth-order valence-corrected chi connectivity index (χ4v) is 1.41. The summed E-state index contributed by atoms with van der Waals surface area (Å²) in [4.78, 5) is 12.8. The molecule has 0 aliphatic heterocycles. The van der Waals surface area contributed by atoms with Crippen molar-refractivity contribution in [2.75, 3.05) is 14.1 Å². The average molecular weight is 261 g/mol. The maximum Gasteiger partial charge on any atom is 0.419 e. The molecule has 0 aliphatic carbocycles. The quantitative estimate of drug-likeness (QED) is 0.837. The zero-order valence-corrected chi connectivity index (χ0v) is 10.3. The largest absolute Gasteiger partial charge is 0.480 e. The van der Waals surface area contributed by atoms with Crippen LogP contribution in [0.1, 0.15) is 12.5 Å². The topological polar surface area (TPSA) is 29.5 Å². The Bertz CT molecular complexity index is 430. The van der Waals surface area contributed by atoms with Gasteiger partial charge in [0.2, 0.25) is 0 Å². The molecule has 100 valence electrons. The molecule has 0 N–H and O–H groups in total. The van der Waals surface area contributed by atoms with Crippen LogP contribution >= 0.6 is 0 Å². The first-order valence-electron chi connectivity index (χ1n) is 5.27. The minimum absolute atomic E-state index is 0.340. The highest BCUT2D eigenvalue weighted by atomic mass is 19.4. The van der Waals surface area contributed by atoms with Crippen LogP contribution in [0.3, 0.4) is 0 Å². The average Bonchev–Trinajstić information content (AvgIpc) is 2.27. The summed E-state index contributed by atoms with van der Waals surface area (Å²) in [6.07, 6.45) is -5.47. The van der Waals surface area contributed by atoms with Crippen molar-refractivity contribution in [2.24, 2.45) is 0 Å². The summed E-state index contributed by atoms with van der Waals surface area (Å²) in [5.74, 6) is -0.736. The van der Waals surface area contributed by atoms with Gasteiger partial charge in [0.05, 0.1) is 5.56 Å². The van der Waals surface area contributed by atoms with Crippen LogP contribution in [0.25, 0.3) is 0 Å². The molecule has 1 amide bonds. The molecule has 0 radical (unpaired) electrons. The Balaban J connectivity index is 2.95. The van der Waals surface area contributed by atoms with Crippen LogP contribution in [-0.2, 0) is 11.0 Å². The first-order chi connectivity index (χ1) is 8.23. The summed E-state index contributed by atoms with van der Waals surface area (Å²) in [5.41, 5.74) is -0.886. The number of carbonyl (C=O) groups excluding carboxylic acids is 1. The van der Waals surface area contributed by atoms with Crippen molar-refractivity contribution in [1.29, 1.82) is 0 Å². The maximum atomic E-state index is 12.7. The molecule has 1 rings (SSSR count). The van der Waals surface area contributed by atoms with Gasteiger partial charge in [-0.3, -0.25) is 4.79 Å². The van der Waals surface area contributed by atoms with Crippen LogP contribution in [0, 0.1) is 0 Å². The monoisotopic (exact) mass is 261 g/mol. The van der Waals surface area contributed by atoms with Crippen LogP contribution < -0.4 is 4.74 Å². The Labute approximate surface area is 103 Å². The van der Waals surface area contributed by atoms with Crippen molar-refractivity contribution in [2.45, 2.75) is 19.2 Å². The third-order valence-electron chi connectivity index (χ3n) is 2.28. The third-order valence-corrected chi connectivity index (χ3v) is 2.28. The summed E-state index contributed by atoms with van der Waals surface area (Å²) in [6.45, 7) is 1.41. The molecule has 0 bridgehead atoms. The van der Waals surface area contributed by atoms with E-state index in [-0.39, 0.29) is 5.75 Å². The molecule has 3 nitrogen and oxygen atoms in total. The second-order valence-electron chi connectivity index (χ2n) is 3.99. The van der Waals surface area contributed by atoms with Gasteiger partial charge in [-0.25, -0.2) is 0 Å². The molecule has 0 saturated carbocycles. The molecule has 6 heteroatoms. The number of hydrogen-bond acceptors (Lipinski definition) is 2. The highest BCUT2D eigenvalue weighted by Crippen LogP contribution is 2.36. The van der Waals surface area contributed by atoms with E-state index in [1.165, 1.54) is 44.1 Å². The minimum Gasteiger partial charge on any atom is -0.480 e. The number of carbonyl (C=O) groups is 1. The van der Waals surface area contributed by atoms with Crippen LogP contribution in [0.15, 0.2) is 24.3 Å². The van der Waals surface area contributed by atoms with E-state index >= 15 is 0 Å². The molecule has 0 aromatic heterocycles. The van der Waals surface area contributed by atoms with Gasteiger partial charge in [-0.15, -0.1) is 0 Å². The van der Waals surface area contributed by atoms with Crippen LogP contribution in [0.4, 0.5) is 13.2 Å². The van der Waals surface area contributed by atoms with Crippen LogP contribution in [0.2, 0.25) is 0 Å². The lowest BCUT2D eigenvalue weighted by Gasteiger charge is -2.20. The summed E-state index contributed by atoms with van der Waals surface area (Å²) in [5, 5.41) is 0. The Kier molecular flexibility index (Phi) is 4.21. The Morgan fingerprint density at radius 1 is 1.28 bits per heavy atom. The molecule has 0 aliphatic rings. The van der Waals surface area contributed by atoms with E-state index in [0.29, 0.717) is 0 Å². The van der Waals surface area contributed by atoms with E-state index in [9.17, 15) is 18.0 Å². The number of ether oxygens (including phenoxy) is 1. The molecule has 0 unspecified atom stereocenters. The number of likely N-dealkylation sites (N-methyl/N-ethyl adjacent to an activating group) is 1. The van der Waals surface area contributed by atoms with Crippen LogP contribution in [-0.4, -0.2) is 31.0 Å². The zero-order valence-electron chi connectivity index (χ0n) is 10.3. The molecule has 0 heterocycles. The molecule has 1 aromatic rings. The maximum absolute atomic E-state index is 12.7. The second kappa shape index (κ2) is 5.29. The highest BCUT2D eigenvalue weighted by molar-refractivity contribution is 5.80. The van der Waals surface area contributed by atoms with Gasteiger partial charge in [0, 0.05) is 14.1 Å². The Hall–Kier alpha value is -1.72. The van der Waals surface area contributed by atoms with Crippen molar-refractivity contribution in [1.82, 2.24) is 4.90 Å². The van der Waals surface area contributed by atoms with E-state index in [1.807, 2.05) is 0 Å². The predicted octanol–water partition coefficient (Wildman–Crippen LogP) is 2.56. The van der Waals surface area contributed by atoms with Crippen LogP contribution in [0.5, 0.6) is 5.75 Å². The molecular formula is C12H14F3NO2. The number of halogens is 3. The van der Waals surface area contributed by atoms with E-state index in [4.69, 9.17) is 4.74 Å². The number of benzene rings is 1. The van der Waals surface area contributed by atoms with Crippen molar-refractivity contribution in [3.8, 4) is 5.75 Å². The standard InChI is InChI=1S/C12H14F3NO2/c1-8(11(17)16(2)3)18-10-7-5-4-6-9(10)12(13,14)15/h4-8H,1-3H3/t8-/m0/s1. The van der Waals surface area contributed by atoms with E-state index < -0.39 is 23.8 Å². The lowest BCUT2D eigenvalue weighted by Crippen LogP contribution is -2.35. The Morgan fingerprint density at radius 2 is 1.83 bits per heavy atom. The summed E-state index contributed by atoms with van der Waals surface area (Å²) >= 11 is 0. The highest BCUT2D eigenvalue weighted by Gasteiger charge is 2.34. The van der Waals surface area contributed by atoms with Gasteiger partial charge in [-0.1, -0.05) is 12.1 Å². The Morgan fingerprint density at radius 3 is 2.33 bits per heavy atom. The van der Waals surface area contributed by atoms with Gasteiger partial charge in [-0.05, 0) is 19.1 Å². The van der Waals surface area contributed by atoms with Gasteiger partial charge < -0.3 is 9.64 Å². The molecule has 18 heavy (non-hydrogen) atoms. The SMILES string of the molecule is C[C@H](Oc1ccccc1C(F)(F)F)C(=O)N(C)C. The molecular weight excluding hydrogens is 247 g/mol. The number of amides is 1. The third kappa shape index (κ3) is 3.38. The number of rotatable bonds is 3. The number of para-hydroxylation sites is 1. The molecule has 0 spiro atoms. The van der Waals surface area contributed by atoms with Crippen molar-refractivity contribution in [3.63, 3.8) is 0 Å². The van der Waals surface area contributed by atoms with Gasteiger partial charge in [0.25, 0.3) is 5.91 Å². The molecule has 0 fully saturated rings. The smallest absolute Gasteiger partial charge is 0.419 e. The molecule has 1 atom stereocenters. The second-order valence-corrected chi connectivity index (χ2v) is 3.99. The minimum atomic E-state index is -4.50. The number of hydrogen-bond donors (Lipinski definition) is 0. The van der Waals surface area contributed by atoms with E-state index in [1.54, 1.807) is 0 Å².